The third-order valence-corrected chi connectivity index (χ3v) is 5.70. The molecule has 2 fully saturated rings. The van der Waals surface area contributed by atoms with Crippen molar-refractivity contribution >= 4 is 5.82 Å². The molecule has 0 bridgehead atoms. The average Bonchev–Trinajstić information content (AvgIpc) is 3.39. The molecule has 4 N–H and O–H groups in total. The third-order valence-electron chi connectivity index (χ3n) is 5.70. The van der Waals surface area contributed by atoms with Gasteiger partial charge in [0.15, 0.2) is 5.82 Å². The summed E-state index contributed by atoms with van der Waals surface area (Å²) >= 11 is 0. The van der Waals surface area contributed by atoms with Crippen LogP contribution in [0.3, 0.4) is 0 Å². The Labute approximate surface area is 165 Å². The van der Waals surface area contributed by atoms with Gasteiger partial charge in [-0.25, -0.2) is 0 Å². The smallest absolute Gasteiger partial charge is 0.416 e. The van der Waals surface area contributed by atoms with Crippen LogP contribution in [0.4, 0.5) is 19.0 Å². The second-order valence-electron chi connectivity index (χ2n) is 7.85. The van der Waals surface area contributed by atoms with Gasteiger partial charge in [-0.1, -0.05) is 0 Å². The maximum absolute atomic E-state index is 12.8. The molecule has 0 unspecified atom stereocenters. The number of anilines is 1. The highest BCUT2D eigenvalue weighted by atomic mass is 19.4. The first-order valence-corrected chi connectivity index (χ1v) is 9.55. The first-order chi connectivity index (χ1) is 13.7. The summed E-state index contributed by atoms with van der Waals surface area (Å²) in [5, 5.41) is 26.4. The number of nitrogens with two attached hydrogens (primary N) is 1. The van der Waals surface area contributed by atoms with Crippen molar-refractivity contribution in [3.05, 3.63) is 34.9 Å². The lowest BCUT2D eigenvalue weighted by atomic mass is 9.93. The molecule has 3 aliphatic rings. The van der Waals surface area contributed by atoms with Gasteiger partial charge in [0.1, 0.15) is 11.4 Å². The number of halogens is 3. The molecule has 0 radical (unpaired) electrons. The molecule has 1 spiro atoms. The van der Waals surface area contributed by atoms with Gasteiger partial charge in [-0.15, -0.1) is 10.2 Å². The lowest BCUT2D eigenvalue weighted by Gasteiger charge is -2.27. The van der Waals surface area contributed by atoms with Crippen LogP contribution in [-0.2, 0) is 23.9 Å². The molecule has 1 aromatic carbocycles. The molecular weight excluding hydrogens is 387 g/mol. The van der Waals surface area contributed by atoms with Crippen molar-refractivity contribution in [2.45, 2.75) is 63.0 Å². The normalized spacial score (nSPS) is 19.7. The number of nitrogens with zero attached hydrogens (tertiary/aromatic N) is 2. The predicted octanol–water partition coefficient (Wildman–Crippen LogP) is 3.59. The van der Waals surface area contributed by atoms with E-state index in [1.165, 1.54) is 12.5 Å². The molecule has 9 heteroatoms. The summed E-state index contributed by atoms with van der Waals surface area (Å²) in [7, 11) is 0. The van der Waals surface area contributed by atoms with Gasteiger partial charge in [0.2, 0.25) is 0 Å². The number of benzene rings is 1. The summed E-state index contributed by atoms with van der Waals surface area (Å²) in [6, 6.07) is 2.84. The molecule has 29 heavy (non-hydrogen) atoms. The zero-order valence-electron chi connectivity index (χ0n) is 15.7. The molecule has 156 valence electrons. The number of phenolic OH excluding ortho intramolecular Hbond substituents is 1. The summed E-state index contributed by atoms with van der Waals surface area (Å²) in [6.45, 7) is 0.297. The van der Waals surface area contributed by atoms with Crippen molar-refractivity contribution in [2.75, 3.05) is 5.73 Å². The molecule has 2 aromatic rings. The van der Waals surface area contributed by atoms with Crippen LogP contribution in [0.1, 0.15) is 48.8 Å². The van der Waals surface area contributed by atoms with Crippen LogP contribution in [0.25, 0.3) is 11.3 Å². The van der Waals surface area contributed by atoms with Gasteiger partial charge in [0, 0.05) is 17.5 Å². The van der Waals surface area contributed by atoms with Crippen LogP contribution in [0.15, 0.2) is 18.2 Å². The van der Waals surface area contributed by atoms with Crippen molar-refractivity contribution in [2.24, 2.45) is 0 Å². The molecule has 2 saturated carbocycles. The SMILES string of the molecule is Nc1nnc(-c2ccc(C(F)(F)F)cc2O)c2c1COC1(CC1)C2.OC1CCC1. The van der Waals surface area contributed by atoms with Crippen molar-refractivity contribution in [1.29, 1.82) is 0 Å². The Morgan fingerprint density at radius 1 is 1.14 bits per heavy atom. The maximum atomic E-state index is 12.8. The number of hydrogen-bond donors (Lipinski definition) is 3. The highest BCUT2D eigenvalue weighted by Crippen LogP contribution is 2.49. The number of fused-ring (bicyclic) bond motifs is 1. The Kier molecular flexibility index (Phi) is 4.90. The van der Waals surface area contributed by atoms with E-state index in [9.17, 15) is 18.3 Å². The Balaban J connectivity index is 0.000000359. The van der Waals surface area contributed by atoms with E-state index in [4.69, 9.17) is 15.6 Å². The summed E-state index contributed by atoms with van der Waals surface area (Å²) in [5.74, 6) is -0.238. The minimum atomic E-state index is -4.52. The maximum Gasteiger partial charge on any atom is 0.416 e. The van der Waals surface area contributed by atoms with Crippen molar-refractivity contribution in [3.8, 4) is 17.0 Å². The van der Waals surface area contributed by atoms with E-state index in [1.54, 1.807) is 0 Å². The Bertz CT molecular complexity index is 925. The van der Waals surface area contributed by atoms with Crippen LogP contribution < -0.4 is 5.73 Å². The predicted molar refractivity (Wildman–Crippen MR) is 98.9 cm³/mol. The molecule has 6 nitrogen and oxygen atoms in total. The number of hydrogen-bond acceptors (Lipinski definition) is 6. The Morgan fingerprint density at radius 2 is 1.83 bits per heavy atom. The van der Waals surface area contributed by atoms with Gasteiger partial charge in [-0.05, 0) is 55.9 Å². The van der Waals surface area contributed by atoms with E-state index in [1.807, 2.05) is 0 Å². The van der Waals surface area contributed by atoms with E-state index < -0.39 is 17.5 Å². The second-order valence-corrected chi connectivity index (χ2v) is 7.85. The summed E-state index contributed by atoms with van der Waals surface area (Å²) in [5.41, 5.74) is 6.77. The van der Waals surface area contributed by atoms with Gasteiger partial charge in [-0.2, -0.15) is 13.2 Å². The van der Waals surface area contributed by atoms with Gasteiger partial charge >= 0.3 is 6.18 Å². The van der Waals surface area contributed by atoms with Gasteiger partial charge in [-0.3, -0.25) is 0 Å². The zero-order chi connectivity index (χ0) is 20.8. The topological polar surface area (TPSA) is 101 Å². The summed E-state index contributed by atoms with van der Waals surface area (Å²) in [6.07, 6.45) is 1.28. The Morgan fingerprint density at radius 3 is 2.34 bits per heavy atom. The van der Waals surface area contributed by atoms with E-state index in [2.05, 4.69) is 10.2 Å². The van der Waals surface area contributed by atoms with Gasteiger partial charge in [0.05, 0.1) is 23.9 Å². The molecular formula is C20H22F3N3O3. The van der Waals surface area contributed by atoms with Crippen LogP contribution in [-0.4, -0.2) is 32.1 Å². The lowest BCUT2D eigenvalue weighted by Crippen LogP contribution is -2.26. The lowest BCUT2D eigenvalue weighted by molar-refractivity contribution is -0.137. The number of aliphatic hydroxyl groups excluding tert-OH is 1. The van der Waals surface area contributed by atoms with Gasteiger partial charge in [0.25, 0.3) is 0 Å². The molecule has 0 atom stereocenters. The molecule has 2 aliphatic carbocycles. The number of rotatable bonds is 1. The molecule has 5 rings (SSSR count). The van der Waals surface area contributed by atoms with E-state index in [0.29, 0.717) is 30.4 Å². The number of phenols is 1. The van der Waals surface area contributed by atoms with Crippen molar-refractivity contribution in [1.82, 2.24) is 10.2 Å². The highest BCUT2D eigenvalue weighted by molar-refractivity contribution is 5.73. The first kappa shape index (κ1) is 19.9. The third kappa shape index (κ3) is 4.02. The van der Waals surface area contributed by atoms with Crippen LogP contribution >= 0.6 is 0 Å². The van der Waals surface area contributed by atoms with Crippen LogP contribution in [0.5, 0.6) is 5.75 Å². The first-order valence-electron chi connectivity index (χ1n) is 9.55. The summed E-state index contributed by atoms with van der Waals surface area (Å²) in [4.78, 5) is 0. The fourth-order valence-corrected chi connectivity index (χ4v) is 3.44. The van der Waals surface area contributed by atoms with Crippen LogP contribution in [0, 0.1) is 0 Å². The second kappa shape index (κ2) is 7.14. The van der Waals surface area contributed by atoms with E-state index >= 15 is 0 Å². The number of alkyl halides is 3. The average molecular weight is 409 g/mol. The van der Waals surface area contributed by atoms with Gasteiger partial charge < -0.3 is 20.7 Å². The number of aliphatic hydroxyl groups is 1. The van der Waals surface area contributed by atoms with E-state index in [-0.39, 0.29) is 23.1 Å². The number of nitrogen functional groups attached to an aromatic ring is 1. The molecule has 0 amide bonds. The molecule has 2 heterocycles. The molecule has 1 aliphatic heterocycles. The van der Waals surface area contributed by atoms with Crippen molar-refractivity contribution < 1.29 is 28.1 Å². The monoisotopic (exact) mass is 409 g/mol. The van der Waals surface area contributed by atoms with Crippen molar-refractivity contribution in [3.63, 3.8) is 0 Å². The molecule has 1 aromatic heterocycles. The fraction of sp³-hybridized carbons (Fsp3) is 0.500. The minimum Gasteiger partial charge on any atom is -0.507 e. The molecule has 0 saturated heterocycles. The minimum absolute atomic E-state index is 0.0648. The number of aromatic hydroxyl groups is 1. The number of aromatic nitrogens is 2. The zero-order valence-corrected chi connectivity index (χ0v) is 15.7. The fourth-order valence-electron chi connectivity index (χ4n) is 3.44. The standard InChI is InChI=1S/C16H14F3N3O2.C4H8O/c17-16(18,19)8-1-2-9(12(23)5-8)13-10-6-15(3-4-15)24-7-11(10)14(20)22-21-13;5-4-2-1-3-4/h1-2,5,23H,3-4,6-7H2,(H2,20,22);4-5H,1-3H2. The quantitative estimate of drug-likeness (QED) is 0.666. The largest absolute Gasteiger partial charge is 0.507 e. The Hall–Kier alpha value is -2.39. The highest BCUT2D eigenvalue weighted by Gasteiger charge is 2.48. The summed E-state index contributed by atoms with van der Waals surface area (Å²) < 4.78 is 44.1. The number of ether oxygens (including phenoxy) is 1. The van der Waals surface area contributed by atoms with E-state index in [0.717, 1.165) is 37.3 Å². The van der Waals surface area contributed by atoms with Crippen LogP contribution in [0.2, 0.25) is 0 Å².